The van der Waals surface area contributed by atoms with Gasteiger partial charge < -0.3 is 16.2 Å². The third-order valence-corrected chi connectivity index (χ3v) is 3.31. The fraction of sp³-hybridized carbons (Fsp3) is 0.533. The van der Waals surface area contributed by atoms with E-state index >= 15 is 0 Å². The average molecular weight is 279 g/mol. The average Bonchev–Trinajstić information content (AvgIpc) is 2.35. The third-order valence-electron chi connectivity index (χ3n) is 3.31. The lowest BCUT2D eigenvalue weighted by Gasteiger charge is -2.30. The molecule has 0 aromatic heterocycles. The van der Waals surface area contributed by atoms with Crippen LogP contribution in [0.25, 0.3) is 0 Å². The van der Waals surface area contributed by atoms with Gasteiger partial charge in [-0.05, 0) is 45.9 Å². The topological polar surface area (TPSA) is 78.6 Å². The monoisotopic (exact) mass is 279 g/mol. The molecule has 0 aliphatic rings. The Morgan fingerprint density at radius 1 is 1.30 bits per heavy atom. The fourth-order valence-electron chi connectivity index (χ4n) is 2.29. The predicted octanol–water partition coefficient (Wildman–Crippen LogP) is 2.50. The first-order valence-electron chi connectivity index (χ1n) is 6.95. The van der Waals surface area contributed by atoms with Crippen LogP contribution in [0.15, 0.2) is 18.2 Å². The Hall–Kier alpha value is -1.75. The van der Waals surface area contributed by atoms with Crippen LogP contribution in [0, 0.1) is 0 Å². The lowest BCUT2D eigenvalue weighted by molar-refractivity contribution is 0.0698. The van der Waals surface area contributed by atoms with Gasteiger partial charge in [-0.2, -0.15) is 0 Å². The third kappa shape index (κ3) is 4.42. The summed E-state index contributed by atoms with van der Waals surface area (Å²) in [5, 5.41) is 12.3. The first-order chi connectivity index (χ1) is 9.32. The number of benzene rings is 1. The summed E-state index contributed by atoms with van der Waals surface area (Å²) in [6.07, 6.45) is 0. The van der Waals surface area contributed by atoms with Gasteiger partial charge in [0.2, 0.25) is 0 Å². The summed E-state index contributed by atoms with van der Waals surface area (Å²) in [4.78, 5) is 13.4. The molecule has 0 atom stereocenters. The quantitative estimate of drug-likeness (QED) is 0.668. The zero-order valence-corrected chi connectivity index (χ0v) is 12.7. The molecule has 0 bridgehead atoms. The summed E-state index contributed by atoms with van der Waals surface area (Å²) in [5.74, 6) is -1.00. The SMILES string of the molecule is CC(C)N(CCNc1ccc(N)c(C(=O)O)c1)C(C)C. The van der Waals surface area contributed by atoms with Crippen LogP contribution in [0.3, 0.4) is 0 Å². The number of carboxylic acid groups (broad SMARTS) is 1. The van der Waals surface area contributed by atoms with Gasteiger partial charge in [0.1, 0.15) is 0 Å². The van der Waals surface area contributed by atoms with Crippen LogP contribution >= 0.6 is 0 Å². The maximum absolute atomic E-state index is 11.0. The molecule has 112 valence electrons. The van der Waals surface area contributed by atoms with Crippen molar-refractivity contribution in [3.63, 3.8) is 0 Å². The first kappa shape index (κ1) is 16.3. The van der Waals surface area contributed by atoms with E-state index in [0.29, 0.717) is 12.1 Å². The number of nitrogen functional groups attached to an aromatic ring is 1. The van der Waals surface area contributed by atoms with Crippen LogP contribution in [-0.4, -0.2) is 41.1 Å². The molecule has 0 amide bonds. The number of anilines is 2. The number of nitrogens with two attached hydrogens (primary N) is 1. The van der Waals surface area contributed by atoms with Crippen molar-refractivity contribution >= 4 is 17.3 Å². The van der Waals surface area contributed by atoms with E-state index in [-0.39, 0.29) is 11.3 Å². The number of carbonyl (C=O) groups is 1. The molecule has 0 aliphatic heterocycles. The van der Waals surface area contributed by atoms with Crippen molar-refractivity contribution in [2.45, 2.75) is 39.8 Å². The highest BCUT2D eigenvalue weighted by Gasteiger charge is 2.13. The van der Waals surface area contributed by atoms with Gasteiger partial charge in [0.15, 0.2) is 0 Å². The molecule has 5 nitrogen and oxygen atoms in total. The van der Waals surface area contributed by atoms with E-state index in [9.17, 15) is 4.79 Å². The summed E-state index contributed by atoms with van der Waals surface area (Å²) in [6, 6.07) is 5.97. The molecular weight excluding hydrogens is 254 g/mol. The van der Waals surface area contributed by atoms with Gasteiger partial charge in [-0.15, -0.1) is 0 Å². The Balaban J connectivity index is 2.62. The van der Waals surface area contributed by atoms with Crippen LogP contribution < -0.4 is 11.1 Å². The zero-order valence-electron chi connectivity index (χ0n) is 12.7. The molecule has 5 heteroatoms. The lowest BCUT2D eigenvalue weighted by Crippen LogP contribution is -2.40. The van der Waals surface area contributed by atoms with Crippen LogP contribution in [0.5, 0.6) is 0 Å². The number of hydrogen-bond donors (Lipinski definition) is 3. The molecule has 0 unspecified atom stereocenters. The molecule has 1 rings (SSSR count). The van der Waals surface area contributed by atoms with E-state index in [1.54, 1.807) is 18.2 Å². The normalized spacial score (nSPS) is 11.3. The lowest BCUT2D eigenvalue weighted by atomic mass is 10.1. The molecule has 20 heavy (non-hydrogen) atoms. The standard InChI is InChI=1S/C15H25N3O2/c1-10(2)18(11(3)4)8-7-17-12-5-6-14(16)13(9-12)15(19)20/h5-6,9-11,17H,7-8,16H2,1-4H3,(H,19,20). The molecule has 0 saturated carbocycles. The molecule has 4 N–H and O–H groups in total. The van der Waals surface area contributed by atoms with E-state index in [1.165, 1.54) is 0 Å². The van der Waals surface area contributed by atoms with Crippen molar-refractivity contribution in [3.05, 3.63) is 23.8 Å². The van der Waals surface area contributed by atoms with Gasteiger partial charge in [-0.1, -0.05) is 0 Å². The van der Waals surface area contributed by atoms with Crippen LogP contribution in [0.2, 0.25) is 0 Å². The van der Waals surface area contributed by atoms with Gasteiger partial charge in [-0.25, -0.2) is 4.79 Å². The van der Waals surface area contributed by atoms with Crippen molar-refractivity contribution in [1.29, 1.82) is 0 Å². The number of hydrogen-bond acceptors (Lipinski definition) is 4. The number of carboxylic acids is 1. The largest absolute Gasteiger partial charge is 0.478 e. The van der Waals surface area contributed by atoms with Crippen molar-refractivity contribution in [1.82, 2.24) is 4.90 Å². The Kier molecular flexibility index (Phi) is 5.82. The van der Waals surface area contributed by atoms with Gasteiger partial charge in [0.05, 0.1) is 5.56 Å². The van der Waals surface area contributed by atoms with Gasteiger partial charge >= 0.3 is 5.97 Å². The smallest absolute Gasteiger partial charge is 0.337 e. The van der Waals surface area contributed by atoms with Gasteiger partial charge in [0, 0.05) is 36.5 Å². The van der Waals surface area contributed by atoms with Crippen molar-refractivity contribution < 1.29 is 9.90 Å². The second kappa shape index (κ2) is 7.14. The van der Waals surface area contributed by atoms with E-state index in [1.807, 2.05) is 0 Å². The van der Waals surface area contributed by atoms with E-state index < -0.39 is 5.97 Å². The van der Waals surface area contributed by atoms with Crippen molar-refractivity contribution in [2.75, 3.05) is 24.1 Å². The van der Waals surface area contributed by atoms with Crippen LogP contribution in [0.4, 0.5) is 11.4 Å². The zero-order chi connectivity index (χ0) is 15.3. The second-order valence-corrected chi connectivity index (χ2v) is 5.46. The second-order valence-electron chi connectivity index (χ2n) is 5.46. The summed E-state index contributed by atoms with van der Waals surface area (Å²) < 4.78 is 0. The fourth-order valence-corrected chi connectivity index (χ4v) is 2.29. The van der Waals surface area contributed by atoms with E-state index in [0.717, 1.165) is 18.8 Å². The highest BCUT2D eigenvalue weighted by atomic mass is 16.4. The molecule has 0 heterocycles. The van der Waals surface area contributed by atoms with Gasteiger partial charge in [0.25, 0.3) is 0 Å². The molecule has 0 spiro atoms. The minimum absolute atomic E-state index is 0.138. The highest BCUT2D eigenvalue weighted by molar-refractivity contribution is 5.94. The minimum Gasteiger partial charge on any atom is -0.478 e. The number of rotatable bonds is 7. The van der Waals surface area contributed by atoms with E-state index in [4.69, 9.17) is 10.8 Å². The van der Waals surface area contributed by atoms with E-state index in [2.05, 4.69) is 37.9 Å². The molecule has 0 fully saturated rings. The molecule has 0 aliphatic carbocycles. The Morgan fingerprint density at radius 3 is 2.40 bits per heavy atom. The number of nitrogens with zero attached hydrogens (tertiary/aromatic N) is 1. The van der Waals surface area contributed by atoms with Gasteiger partial charge in [-0.3, -0.25) is 4.90 Å². The highest BCUT2D eigenvalue weighted by Crippen LogP contribution is 2.17. The Morgan fingerprint density at radius 2 is 1.90 bits per heavy atom. The predicted molar refractivity (Wildman–Crippen MR) is 83.3 cm³/mol. The summed E-state index contributed by atoms with van der Waals surface area (Å²) in [7, 11) is 0. The van der Waals surface area contributed by atoms with Crippen molar-refractivity contribution in [3.8, 4) is 0 Å². The molecule has 0 radical (unpaired) electrons. The number of nitrogens with one attached hydrogen (secondary N) is 1. The maximum atomic E-state index is 11.0. The summed E-state index contributed by atoms with van der Waals surface area (Å²) in [5.41, 5.74) is 6.84. The van der Waals surface area contributed by atoms with Crippen LogP contribution in [0.1, 0.15) is 38.1 Å². The maximum Gasteiger partial charge on any atom is 0.337 e. The Labute approximate surface area is 120 Å². The first-order valence-corrected chi connectivity index (χ1v) is 6.95. The molecule has 1 aromatic carbocycles. The van der Waals surface area contributed by atoms with Crippen LogP contribution in [-0.2, 0) is 0 Å². The summed E-state index contributed by atoms with van der Waals surface area (Å²) >= 11 is 0. The molecular formula is C15H25N3O2. The van der Waals surface area contributed by atoms with Crippen molar-refractivity contribution in [2.24, 2.45) is 0 Å². The minimum atomic E-state index is -1.00. The summed E-state index contributed by atoms with van der Waals surface area (Å²) in [6.45, 7) is 10.4. The molecule has 0 saturated heterocycles. The number of aromatic carboxylic acids is 1. The Bertz CT molecular complexity index is 450. The molecule has 1 aromatic rings.